The highest BCUT2D eigenvalue weighted by atomic mass is 32.2. The molecule has 1 aromatic carbocycles. The van der Waals surface area contributed by atoms with E-state index in [1.54, 1.807) is 6.07 Å². The van der Waals surface area contributed by atoms with Crippen LogP contribution in [0.1, 0.15) is 51.9 Å². The molecular formula is C18H26N2O5S. The van der Waals surface area contributed by atoms with E-state index in [0.29, 0.717) is 43.5 Å². The van der Waals surface area contributed by atoms with Crippen LogP contribution in [0.15, 0.2) is 23.1 Å². The van der Waals surface area contributed by atoms with Crippen LogP contribution < -0.4 is 14.8 Å². The molecule has 1 atom stereocenters. The number of aliphatic hydroxyl groups is 1. The lowest BCUT2D eigenvalue weighted by Gasteiger charge is -2.27. The van der Waals surface area contributed by atoms with E-state index in [4.69, 9.17) is 4.74 Å². The van der Waals surface area contributed by atoms with Gasteiger partial charge in [0.25, 0.3) is 5.91 Å². The van der Waals surface area contributed by atoms with Gasteiger partial charge in [-0.05, 0) is 56.7 Å². The maximum atomic E-state index is 12.6. The topological polar surface area (TPSA) is 105 Å². The molecule has 0 saturated heterocycles. The number of benzene rings is 1. The minimum atomic E-state index is -3.69. The number of carbonyl (C=O) groups excluding carboxylic acids is 1. The van der Waals surface area contributed by atoms with E-state index < -0.39 is 16.1 Å². The first kappa shape index (κ1) is 19.1. The second kappa shape index (κ2) is 7.94. The number of sulfonamides is 1. The first-order valence-corrected chi connectivity index (χ1v) is 10.7. The maximum absolute atomic E-state index is 12.6. The van der Waals surface area contributed by atoms with Crippen molar-refractivity contribution in [2.24, 2.45) is 0 Å². The molecule has 1 aliphatic heterocycles. The summed E-state index contributed by atoms with van der Waals surface area (Å²) < 4.78 is 33.7. The summed E-state index contributed by atoms with van der Waals surface area (Å²) in [4.78, 5) is 12.2. The van der Waals surface area contributed by atoms with Crippen LogP contribution in [0, 0.1) is 0 Å². The van der Waals surface area contributed by atoms with Gasteiger partial charge >= 0.3 is 0 Å². The van der Waals surface area contributed by atoms with Gasteiger partial charge in [-0.25, -0.2) is 13.1 Å². The number of hydrogen-bond acceptors (Lipinski definition) is 5. The Morgan fingerprint density at radius 2 is 2.00 bits per heavy atom. The van der Waals surface area contributed by atoms with Crippen LogP contribution in [0.2, 0.25) is 0 Å². The average Bonchev–Trinajstić information content (AvgIpc) is 2.61. The number of unbranched alkanes of at least 4 members (excludes halogenated alkanes) is 1. The van der Waals surface area contributed by atoms with E-state index in [1.807, 2.05) is 6.92 Å². The third-order valence-electron chi connectivity index (χ3n) is 4.92. The predicted molar refractivity (Wildman–Crippen MR) is 97.6 cm³/mol. The summed E-state index contributed by atoms with van der Waals surface area (Å²) in [6, 6.07) is 4.34. The van der Waals surface area contributed by atoms with Crippen molar-refractivity contribution in [3.8, 4) is 5.75 Å². The molecule has 1 saturated carbocycles. The van der Waals surface area contributed by atoms with Crippen molar-refractivity contribution in [3.05, 3.63) is 18.2 Å². The standard InChI is InChI=1S/C18H26N2O5S/c1-2-3-4-17-18(22)19-15-11-14(9-10-16(15)25-17)26(23,24)20-12-5-7-13(21)8-6-12/h9-13,17,20-21H,2-8H2,1H3,(H,19,22)/t12?,13?,17-/m0/s1. The van der Waals surface area contributed by atoms with Gasteiger partial charge < -0.3 is 15.2 Å². The van der Waals surface area contributed by atoms with Crippen molar-refractivity contribution in [3.63, 3.8) is 0 Å². The maximum Gasteiger partial charge on any atom is 0.265 e. The third kappa shape index (κ3) is 4.36. The van der Waals surface area contributed by atoms with Crippen molar-refractivity contribution < 1.29 is 23.1 Å². The van der Waals surface area contributed by atoms with Gasteiger partial charge in [0.15, 0.2) is 6.10 Å². The third-order valence-corrected chi connectivity index (χ3v) is 6.44. The molecule has 8 heteroatoms. The molecule has 1 heterocycles. The molecule has 2 aliphatic rings. The second-order valence-electron chi connectivity index (χ2n) is 7.02. The number of carbonyl (C=O) groups is 1. The summed E-state index contributed by atoms with van der Waals surface area (Å²) in [7, 11) is -3.69. The monoisotopic (exact) mass is 382 g/mol. The van der Waals surface area contributed by atoms with Crippen molar-refractivity contribution in [1.29, 1.82) is 0 Å². The molecule has 0 spiro atoms. The average molecular weight is 382 g/mol. The molecule has 0 unspecified atom stereocenters. The molecule has 0 aromatic heterocycles. The number of nitrogens with one attached hydrogen (secondary N) is 2. The minimum Gasteiger partial charge on any atom is -0.478 e. The highest BCUT2D eigenvalue weighted by Gasteiger charge is 2.29. The van der Waals surface area contributed by atoms with Gasteiger partial charge in [-0.2, -0.15) is 0 Å². The number of anilines is 1. The summed E-state index contributed by atoms with van der Waals surface area (Å²) in [5, 5.41) is 12.3. The van der Waals surface area contributed by atoms with Gasteiger partial charge in [0.1, 0.15) is 5.75 Å². The second-order valence-corrected chi connectivity index (χ2v) is 8.74. The van der Waals surface area contributed by atoms with Crippen molar-refractivity contribution in [1.82, 2.24) is 4.72 Å². The summed E-state index contributed by atoms with van der Waals surface area (Å²) in [6.07, 6.45) is 4.05. The molecule has 1 aromatic rings. The Kier molecular flexibility index (Phi) is 5.84. The predicted octanol–water partition coefficient (Wildman–Crippen LogP) is 2.16. The first-order chi connectivity index (χ1) is 12.4. The summed E-state index contributed by atoms with van der Waals surface area (Å²) in [5.74, 6) is 0.250. The molecule has 0 bridgehead atoms. The Bertz CT molecular complexity index is 757. The van der Waals surface area contributed by atoms with Crippen molar-refractivity contribution in [2.75, 3.05) is 5.32 Å². The molecule has 1 aliphatic carbocycles. The molecule has 3 N–H and O–H groups in total. The van der Waals surface area contributed by atoms with E-state index in [2.05, 4.69) is 10.0 Å². The largest absolute Gasteiger partial charge is 0.478 e. The lowest BCUT2D eigenvalue weighted by molar-refractivity contribution is -0.123. The Hall–Kier alpha value is -1.64. The van der Waals surface area contributed by atoms with Crippen LogP contribution in [0.25, 0.3) is 0 Å². The van der Waals surface area contributed by atoms with Gasteiger partial charge in [0.05, 0.1) is 16.7 Å². The van der Waals surface area contributed by atoms with Crippen LogP contribution in [-0.4, -0.2) is 37.7 Å². The fraction of sp³-hybridized carbons (Fsp3) is 0.611. The van der Waals surface area contributed by atoms with Gasteiger partial charge in [-0.1, -0.05) is 13.3 Å². The van der Waals surface area contributed by atoms with Gasteiger partial charge in [0.2, 0.25) is 10.0 Å². The molecule has 0 radical (unpaired) electrons. The fourth-order valence-corrected chi connectivity index (χ4v) is 4.69. The molecule has 1 amide bonds. The lowest BCUT2D eigenvalue weighted by Crippen LogP contribution is -2.39. The van der Waals surface area contributed by atoms with Crippen molar-refractivity contribution in [2.45, 2.75) is 75.0 Å². The highest BCUT2D eigenvalue weighted by Crippen LogP contribution is 2.33. The zero-order chi connectivity index (χ0) is 18.7. The quantitative estimate of drug-likeness (QED) is 0.699. The molecule has 26 heavy (non-hydrogen) atoms. The van der Waals surface area contributed by atoms with Gasteiger partial charge in [-0.3, -0.25) is 4.79 Å². The van der Waals surface area contributed by atoms with E-state index in [1.165, 1.54) is 12.1 Å². The number of fused-ring (bicyclic) bond motifs is 1. The van der Waals surface area contributed by atoms with Crippen molar-refractivity contribution >= 4 is 21.6 Å². The SMILES string of the molecule is CCCC[C@@H]1Oc2ccc(S(=O)(=O)NC3CCC(O)CC3)cc2NC1=O. The Labute approximate surface area is 154 Å². The number of hydrogen-bond donors (Lipinski definition) is 3. The van der Waals surface area contributed by atoms with Crippen LogP contribution in [0.4, 0.5) is 5.69 Å². The summed E-state index contributed by atoms with van der Waals surface area (Å²) >= 11 is 0. The molecule has 3 rings (SSSR count). The van der Waals surface area contributed by atoms with Crippen LogP contribution in [-0.2, 0) is 14.8 Å². The fourth-order valence-electron chi connectivity index (χ4n) is 3.36. The highest BCUT2D eigenvalue weighted by molar-refractivity contribution is 7.89. The number of rotatable bonds is 6. The minimum absolute atomic E-state index is 0.0956. The van der Waals surface area contributed by atoms with Gasteiger partial charge in [0, 0.05) is 6.04 Å². The smallest absolute Gasteiger partial charge is 0.265 e. The van der Waals surface area contributed by atoms with E-state index in [9.17, 15) is 18.3 Å². The number of amides is 1. The Morgan fingerprint density at radius 1 is 1.27 bits per heavy atom. The molecular weight excluding hydrogens is 356 g/mol. The van der Waals surface area contributed by atoms with E-state index in [-0.39, 0.29) is 22.9 Å². The summed E-state index contributed by atoms with van der Waals surface area (Å²) in [5.41, 5.74) is 0.379. The number of ether oxygens (including phenoxy) is 1. The number of aliphatic hydroxyl groups excluding tert-OH is 1. The molecule has 1 fully saturated rings. The van der Waals surface area contributed by atoms with Crippen LogP contribution >= 0.6 is 0 Å². The van der Waals surface area contributed by atoms with Crippen LogP contribution in [0.5, 0.6) is 5.75 Å². The van der Waals surface area contributed by atoms with Gasteiger partial charge in [-0.15, -0.1) is 0 Å². The summed E-state index contributed by atoms with van der Waals surface area (Å²) in [6.45, 7) is 2.05. The Balaban J connectivity index is 1.72. The normalized spacial score (nSPS) is 25.9. The van der Waals surface area contributed by atoms with E-state index in [0.717, 1.165) is 12.8 Å². The zero-order valence-corrected chi connectivity index (χ0v) is 15.7. The first-order valence-electron chi connectivity index (χ1n) is 9.21. The van der Waals surface area contributed by atoms with Crippen LogP contribution in [0.3, 0.4) is 0 Å². The van der Waals surface area contributed by atoms with E-state index >= 15 is 0 Å². The Morgan fingerprint density at radius 3 is 2.69 bits per heavy atom. The zero-order valence-electron chi connectivity index (χ0n) is 14.9. The molecule has 144 valence electrons. The molecule has 7 nitrogen and oxygen atoms in total. The lowest BCUT2D eigenvalue weighted by atomic mass is 9.94.